The van der Waals surface area contributed by atoms with Gasteiger partial charge in [-0.1, -0.05) is 6.92 Å². The lowest BCUT2D eigenvalue weighted by molar-refractivity contribution is 0.102. The van der Waals surface area contributed by atoms with Crippen LogP contribution in [0.25, 0.3) is 0 Å². The van der Waals surface area contributed by atoms with Gasteiger partial charge in [0.05, 0.1) is 31.3 Å². The summed E-state index contributed by atoms with van der Waals surface area (Å²) in [5.41, 5.74) is 6.14. The molecule has 9 nitrogen and oxygen atoms in total. The number of nitrogens with two attached hydrogens (primary N) is 1. The Balaban J connectivity index is 1.86. The largest absolute Gasteiger partial charge is 0.480 e. The van der Waals surface area contributed by atoms with Crippen molar-refractivity contribution < 1.29 is 22.3 Å². The number of carbonyl (C=O) groups excluding carboxylic acids is 1. The van der Waals surface area contributed by atoms with Crippen LogP contribution in [0.15, 0.2) is 35.6 Å². The van der Waals surface area contributed by atoms with E-state index in [1.54, 1.807) is 6.92 Å². The second-order valence-electron chi connectivity index (χ2n) is 6.43. The third kappa shape index (κ3) is 4.34. The average molecular weight is 421 g/mol. The summed E-state index contributed by atoms with van der Waals surface area (Å²) >= 11 is 0. The molecule has 0 spiro atoms. The third-order valence-electron chi connectivity index (χ3n) is 4.51. The summed E-state index contributed by atoms with van der Waals surface area (Å²) in [5.74, 6) is -1.34. The van der Waals surface area contributed by atoms with Crippen molar-refractivity contribution in [1.82, 2.24) is 9.97 Å². The van der Waals surface area contributed by atoms with E-state index in [0.717, 1.165) is 6.07 Å². The minimum atomic E-state index is -3.56. The molecule has 3 N–H and O–H groups in total. The van der Waals surface area contributed by atoms with Crippen LogP contribution in [0.1, 0.15) is 35.4 Å². The molecule has 29 heavy (non-hydrogen) atoms. The van der Waals surface area contributed by atoms with Crippen molar-refractivity contribution >= 4 is 27.3 Å². The van der Waals surface area contributed by atoms with Gasteiger partial charge >= 0.3 is 0 Å². The number of nitrogens with one attached hydrogen (secondary N) is 1. The van der Waals surface area contributed by atoms with Gasteiger partial charge in [-0.25, -0.2) is 22.8 Å². The van der Waals surface area contributed by atoms with Crippen LogP contribution in [0, 0.1) is 5.82 Å². The minimum absolute atomic E-state index is 0.0321. The topological polar surface area (TPSA) is 137 Å². The second-order valence-corrected chi connectivity index (χ2v) is 8.66. The minimum Gasteiger partial charge on any atom is -0.480 e. The van der Waals surface area contributed by atoms with Gasteiger partial charge in [0.1, 0.15) is 22.6 Å². The van der Waals surface area contributed by atoms with Crippen molar-refractivity contribution in [3.8, 4) is 5.88 Å². The zero-order valence-corrected chi connectivity index (χ0v) is 16.6. The molecule has 1 amide bonds. The summed E-state index contributed by atoms with van der Waals surface area (Å²) in [6, 6.07) is 2.84. The predicted molar refractivity (Wildman–Crippen MR) is 105 cm³/mol. The van der Waals surface area contributed by atoms with E-state index in [9.17, 15) is 17.6 Å². The van der Waals surface area contributed by atoms with E-state index in [1.165, 1.54) is 31.6 Å². The van der Waals surface area contributed by atoms with Crippen LogP contribution in [-0.4, -0.2) is 48.2 Å². The highest BCUT2D eigenvalue weighted by atomic mass is 32.2. The van der Waals surface area contributed by atoms with Crippen LogP contribution >= 0.6 is 0 Å². The maximum absolute atomic E-state index is 14.4. The Hall–Kier alpha value is -3.08. The molecule has 0 saturated heterocycles. The summed E-state index contributed by atoms with van der Waals surface area (Å²) in [6.07, 6.45) is 2.83. The van der Waals surface area contributed by atoms with E-state index in [-0.39, 0.29) is 34.4 Å². The van der Waals surface area contributed by atoms with Crippen molar-refractivity contribution in [3.63, 3.8) is 0 Å². The molecule has 2 unspecified atom stereocenters. The number of hydrogen-bond donors (Lipinski definition) is 2. The molecule has 154 valence electrons. The van der Waals surface area contributed by atoms with Crippen molar-refractivity contribution in [3.05, 3.63) is 47.7 Å². The number of methoxy groups -OCH3 is 1. The van der Waals surface area contributed by atoms with Gasteiger partial charge in [-0.05, 0) is 24.6 Å². The molecule has 1 aliphatic rings. The first kappa shape index (κ1) is 20.6. The Kier molecular flexibility index (Phi) is 5.78. The quantitative estimate of drug-likeness (QED) is 0.746. The fourth-order valence-electron chi connectivity index (χ4n) is 3.05. The summed E-state index contributed by atoms with van der Waals surface area (Å²) < 4.78 is 44.2. The number of aliphatic imine (C=N–C) groups is 1. The molecule has 1 aliphatic heterocycles. The van der Waals surface area contributed by atoms with Crippen LogP contribution in [0.5, 0.6) is 5.88 Å². The fourth-order valence-corrected chi connectivity index (χ4v) is 4.92. The Labute approximate surface area is 167 Å². The van der Waals surface area contributed by atoms with Crippen molar-refractivity contribution in [1.29, 1.82) is 0 Å². The zero-order chi connectivity index (χ0) is 21.2. The molecule has 0 radical (unpaired) electrons. The molecule has 3 rings (SSSR count). The van der Waals surface area contributed by atoms with Gasteiger partial charge in [-0.2, -0.15) is 0 Å². The molecule has 2 atom stereocenters. The smallest absolute Gasteiger partial charge is 0.275 e. The zero-order valence-electron chi connectivity index (χ0n) is 15.8. The molecule has 1 aromatic heterocycles. The Morgan fingerprint density at radius 1 is 1.34 bits per heavy atom. The third-order valence-corrected chi connectivity index (χ3v) is 6.73. The molecular weight excluding hydrogens is 401 g/mol. The second kappa shape index (κ2) is 8.11. The van der Waals surface area contributed by atoms with Gasteiger partial charge < -0.3 is 15.8 Å². The average Bonchev–Trinajstić information content (AvgIpc) is 2.68. The number of anilines is 1. The number of carbonyl (C=O) groups is 1. The first-order valence-corrected chi connectivity index (χ1v) is 10.5. The number of ether oxygens (including phenoxy) is 1. The van der Waals surface area contributed by atoms with Crippen LogP contribution < -0.4 is 15.8 Å². The number of amidine groups is 1. The van der Waals surface area contributed by atoms with Crippen molar-refractivity contribution in [2.24, 2.45) is 10.7 Å². The van der Waals surface area contributed by atoms with Gasteiger partial charge in [0.2, 0.25) is 5.88 Å². The summed E-state index contributed by atoms with van der Waals surface area (Å²) in [5, 5.41) is 1.71. The summed E-state index contributed by atoms with van der Waals surface area (Å²) in [6.45, 7) is 1.70. The van der Waals surface area contributed by atoms with Gasteiger partial charge in [0.15, 0.2) is 9.84 Å². The normalized spacial score (nSPS) is 20.6. The van der Waals surface area contributed by atoms with Crippen LogP contribution in [0.2, 0.25) is 0 Å². The molecule has 1 aromatic carbocycles. The van der Waals surface area contributed by atoms with E-state index < -0.39 is 32.9 Å². The Morgan fingerprint density at radius 3 is 2.69 bits per heavy atom. The first-order valence-electron chi connectivity index (χ1n) is 8.76. The summed E-state index contributed by atoms with van der Waals surface area (Å²) in [4.78, 5) is 24.3. The standard InChI is InChI=1S/C18H20FN5O4S/c1-3-15-17(20)24-14(9-29(15,26)27)11-6-10(4-5-12(11)19)23-18(25)13-7-22-16(28-2)8-21-13/h4-8,14-15H,3,9H2,1-2H3,(H2,20,24)(H,23,25). The number of benzene rings is 1. The molecule has 0 saturated carbocycles. The molecule has 0 bridgehead atoms. The SMILES string of the molecule is CCC1C(N)=NC(c2cc(NC(=O)c3cnc(OC)cn3)ccc2F)CS1(=O)=O. The molecule has 2 heterocycles. The van der Waals surface area contributed by atoms with Crippen LogP contribution in [-0.2, 0) is 9.84 Å². The lowest BCUT2D eigenvalue weighted by atomic mass is 10.1. The van der Waals surface area contributed by atoms with E-state index in [2.05, 4.69) is 20.3 Å². The Morgan fingerprint density at radius 2 is 2.10 bits per heavy atom. The highest BCUT2D eigenvalue weighted by molar-refractivity contribution is 7.92. The highest BCUT2D eigenvalue weighted by Gasteiger charge is 2.36. The van der Waals surface area contributed by atoms with E-state index in [0.29, 0.717) is 6.42 Å². The monoisotopic (exact) mass is 421 g/mol. The molecule has 0 aliphatic carbocycles. The van der Waals surface area contributed by atoms with Gasteiger partial charge in [0.25, 0.3) is 5.91 Å². The summed E-state index contributed by atoms with van der Waals surface area (Å²) in [7, 11) is -2.14. The molecule has 11 heteroatoms. The number of sulfone groups is 1. The number of nitrogens with zero attached hydrogens (tertiary/aromatic N) is 3. The van der Waals surface area contributed by atoms with Crippen LogP contribution in [0.4, 0.5) is 10.1 Å². The lowest BCUT2D eigenvalue weighted by Gasteiger charge is -2.26. The first-order chi connectivity index (χ1) is 13.7. The van der Waals surface area contributed by atoms with Crippen LogP contribution in [0.3, 0.4) is 0 Å². The lowest BCUT2D eigenvalue weighted by Crippen LogP contribution is -2.42. The maximum atomic E-state index is 14.4. The highest BCUT2D eigenvalue weighted by Crippen LogP contribution is 2.30. The Bertz CT molecular complexity index is 1060. The van der Waals surface area contributed by atoms with Gasteiger partial charge in [0, 0.05) is 11.3 Å². The molecule has 2 aromatic rings. The van der Waals surface area contributed by atoms with E-state index in [4.69, 9.17) is 10.5 Å². The molecular formula is C18H20FN5O4S. The van der Waals surface area contributed by atoms with Crippen molar-refractivity contribution in [2.45, 2.75) is 24.6 Å². The van der Waals surface area contributed by atoms with E-state index in [1.807, 2.05) is 0 Å². The number of hydrogen-bond acceptors (Lipinski definition) is 8. The van der Waals surface area contributed by atoms with Crippen molar-refractivity contribution in [2.75, 3.05) is 18.2 Å². The number of halogens is 1. The fraction of sp³-hybridized carbons (Fsp3) is 0.333. The van der Waals surface area contributed by atoms with E-state index >= 15 is 0 Å². The number of amides is 1. The number of aromatic nitrogens is 2. The van der Waals surface area contributed by atoms with Gasteiger partial charge in [-0.3, -0.25) is 9.79 Å². The maximum Gasteiger partial charge on any atom is 0.275 e. The predicted octanol–water partition coefficient (Wildman–Crippen LogP) is 1.48. The number of rotatable bonds is 5. The van der Waals surface area contributed by atoms with Gasteiger partial charge in [-0.15, -0.1) is 0 Å². The molecule has 0 fully saturated rings.